The molecule has 1 aliphatic heterocycles. The van der Waals surface area contributed by atoms with E-state index in [0.717, 1.165) is 35.6 Å². The topological polar surface area (TPSA) is 56.7 Å². The fraction of sp³-hybridized carbons (Fsp3) is 0.529. The molecule has 2 rings (SSSR count). The summed E-state index contributed by atoms with van der Waals surface area (Å²) in [5.41, 5.74) is 1.14. The van der Waals surface area contributed by atoms with Crippen molar-refractivity contribution < 1.29 is 4.79 Å². The quantitative estimate of drug-likeness (QED) is 0.370. The van der Waals surface area contributed by atoms with Gasteiger partial charge in [-0.15, -0.1) is 24.0 Å². The molecule has 1 saturated heterocycles. The number of nitrogens with zero attached hydrogens (tertiary/aromatic N) is 2. The molecular formula is C17H26BrIN4O. The molecule has 2 N–H and O–H groups in total. The third kappa shape index (κ3) is 6.58. The molecule has 1 heterocycles. The Bertz CT molecular complexity index is 574. The Labute approximate surface area is 169 Å². The molecule has 0 bridgehead atoms. The van der Waals surface area contributed by atoms with Crippen molar-refractivity contribution in [3.05, 3.63) is 28.7 Å². The maximum atomic E-state index is 12.0. The molecule has 0 radical (unpaired) electrons. The number of hydrogen-bond donors (Lipinski definition) is 2. The summed E-state index contributed by atoms with van der Waals surface area (Å²) in [6, 6.07) is 7.57. The predicted octanol–water partition coefficient (Wildman–Crippen LogP) is 3.70. The van der Waals surface area contributed by atoms with E-state index in [9.17, 15) is 4.79 Å². The molecule has 1 aromatic rings. The van der Waals surface area contributed by atoms with E-state index in [1.165, 1.54) is 0 Å². The highest BCUT2D eigenvalue weighted by atomic mass is 127. The van der Waals surface area contributed by atoms with E-state index in [4.69, 9.17) is 0 Å². The average molecular weight is 509 g/mol. The SMILES string of the molecule is CN=C(NCCC(=O)Nc1ccc(Br)cc1)N1CCC(C)(C)C1.I. The zero-order valence-corrected chi connectivity index (χ0v) is 18.4. The smallest absolute Gasteiger partial charge is 0.226 e. The van der Waals surface area contributed by atoms with Crippen LogP contribution in [0.25, 0.3) is 0 Å². The van der Waals surface area contributed by atoms with E-state index in [2.05, 4.69) is 50.3 Å². The summed E-state index contributed by atoms with van der Waals surface area (Å²) in [4.78, 5) is 18.6. The van der Waals surface area contributed by atoms with Gasteiger partial charge < -0.3 is 15.5 Å². The molecule has 0 atom stereocenters. The Hall–Kier alpha value is -0.830. The van der Waals surface area contributed by atoms with Crippen molar-refractivity contribution in [2.75, 3.05) is 32.0 Å². The number of hydrogen-bond acceptors (Lipinski definition) is 2. The molecule has 0 aliphatic carbocycles. The number of amides is 1. The number of rotatable bonds is 4. The molecule has 7 heteroatoms. The molecule has 0 saturated carbocycles. The van der Waals surface area contributed by atoms with E-state index >= 15 is 0 Å². The first-order valence-electron chi connectivity index (χ1n) is 7.91. The van der Waals surface area contributed by atoms with Crippen molar-refractivity contribution in [2.24, 2.45) is 10.4 Å². The number of carbonyl (C=O) groups is 1. The second-order valence-electron chi connectivity index (χ2n) is 6.61. The molecule has 1 fully saturated rings. The lowest BCUT2D eigenvalue weighted by Crippen LogP contribution is -2.41. The third-order valence-corrected chi connectivity index (χ3v) is 4.48. The Morgan fingerprint density at radius 3 is 2.54 bits per heavy atom. The van der Waals surface area contributed by atoms with Crippen LogP contribution in [0.5, 0.6) is 0 Å². The maximum Gasteiger partial charge on any atom is 0.226 e. The van der Waals surface area contributed by atoms with Crippen molar-refractivity contribution >= 4 is 57.5 Å². The fourth-order valence-corrected chi connectivity index (χ4v) is 2.93. The lowest BCUT2D eigenvalue weighted by molar-refractivity contribution is -0.116. The van der Waals surface area contributed by atoms with Crippen molar-refractivity contribution in [1.29, 1.82) is 0 Å². The minimum absolute atomic E-state index is 0. The van der Waals surface area contributed by atoms with Gasteiger partial charge in [0.05, 0.1) is 0 Å². The predicted molar refractivity (Wildman–Crippen MR) is 114 cm³/mol. The van der Waals surface area contributed by atoms with Crippen molar-refractivity contribution in [1.82, 2.24) is 10.2 Å². The van der Waals surface area contributed by atoms with Gasteiger partial charge >= 0.3 is 0 Å². The van der Waals surface area contributed by atoms with Gasteiger partial charge in [0, 0.05) is 43.3 Å². The fourth-order valence-electron chi connectivity index (χ4n) is 2.67. The van der Waals surface area contributed by atoms with Crippen LogP contribution in [0.2, 0.25) is 0 Å². The minimum atomic E-state index is -0.00275. The van der Waals surface area contributed by atoms with Gasteiger partial charge in [-0.2, -0.15) is 0 Å². The van der Waals surface area contributed by atoms with E-state index in [1.807, 2.05) is 24.3 Å². The number of likely N-dealkylation sites (tertiary alicyclic amines) is 1. The molecule has 0 aromatic heterocycles. The van der Waals surface area contributed by atoms with Crippen molar-refractivity contribution in [2.45, 2.75) is 26.7 Å². The Morgan fingerprint density at radius 1 is 1.33 bits per heavy atom. The molecule has 5 nitrogen and oxygen atoms in total. The molecule has 134 valence electrons. The van der Waals surface area contributed by atoms with Gasteiger partial charge in [-0.25, -0.2) is 0 Å². The van der Waals surface area contributed by atoms with Crippen molar-refractivity contribution in [3.63, 3.8) is 0 Å². The van der Waals surface area contributed by atoms with Gasteiger partial charge in [-0.3, -0.25) is 9.79 Å². The second kappa shape index (κ2) is 9.60. The maximum absolute atomic E-state index is 12.0. The van der Waals surface area contributed by atoms with Gasteiger partial charge in [-0.1, -0.05) is 29.8 Å². The first-order valence-corrected chi connectivity index (χ1v) is 8.70. The van der Waals surface area contributed by atoms with E-state index in [1.54, 1.807) is 7.05 Å². The Balaban J connectivity index is 0.00000288. The highest BCUT2D eigenvalue weighted by Gasteiger charge is 2.30. The van der Waals surface area contributed by atoms with Crippen LogP contribution in [0.1, 0.15) is 26.7 Å². The molecule has 1 amide bonds. The highest BCUT2D eigenvalue weighted by Crippen LogP contribution is 2.28. The molecular weight excluding hydrogens is 483 g/mol. The molecule has 24 heavy (non-hydrogen) atoms. The normalized spacial score (nSPS) is 16.5. The Kier molecular flexibility index (Phi) is 8.49. The first-order chi connectivity index (χ1) is 10.9. The lowest BCUT2D eigenvalue weighted by atomic mass is 9.93. The molecule has 1 aliphatic rings. The van der Waals surface area contributed by atoms with Crippen LogP contribution in [0.4, 0.5) is 5.69 Å². The van der Waals surface area contributed by atoms with Gasteiger partial charge in [0.1, 0.15) is 0 Å². The van der Waals surface area contributed by atoms with Gasteiger partial charge in [0.2, 0.25) is 5.91 Å². The second-order valence-corrected chi connectivity index (χ2v) is 7.53. The molecule has 0 unspecified atom stereocenters. The van der Waals surface area contributed by atoms with Crippen LogP contribution in [0.3, 0.4) is 0 Å². The summed E-state index contributed by atoms with van der Waals surface area (Å²) in [5, 5.41) is 6.17. The minimum Gasteiger partial charge on any atom is -0.356 e. The van der Waals surface area contributed by atoms with Gasteiger partial charge in [0.15, 0.2) is 5.96 Å². The summed E-state index contributed by atoms with van der Waals surface area (Å²) >= 11 is 3.38. The lowest BCUT2D eigenvalue weighted by Gasteiger charge is -2.23. The van der Waals surface area contributed by atoms with Crippen LogP contribution in [0.15, 0.2) is 33.7 Å². The first kappa shape index (κ1) is 21.2. The molecule has 1 aromatic carbocycles. The number of guanidine groups is 1. The van der Waals surface area contributed by atoms with Crippen LogP contribution < -0.4 is 10.6 Å². The summed E-state index contributed by atoms with van der Waals surface area (Å²) in [5.74, 6) is 0.879. The summed E-state index contributed by atoms with van der Waals surface area (Å²) < 4.78 is 0.995. The number of aliphatic imine (C=N–C) groups is 1. The third-order valence-electron chi connectivity index (χ3n) is 3.95. The number of nitrogens with one attached hydrogen (secondary N) is 2. The van der Waals surface area contributed by atoms with Gasteiger partial charge in [0.25, 0.3) is 0 Å². The summed E-state index contributed by atoms with van der Waals surface area (Å²) in [7, 11) is 1.79. The zero-order chi connectivity index (χ0) is 16.9. The summed E-state index contributed by atoms with van der Waals surface area (Å²) in [6.07, 6.45) is 1.57. The number of carbonyl (C=O) groups excluding carboxylic acids is 1. The van der Waals surface area contributed by atoms with Crippen molar-refractivity contribution in [3.8, 4) is 0 Å². The van der Waals surface area contributed by atoms with E-state index in [-0.39, 0.29) is 29.9 Å². The Morgan fingerprint density at radius 2 is 2.00 bits per heavy atom. The average Bonchev–Trinajstić information content (AvgIpc) is 2.86. The largest absolute Gasteiger partial charge is 0.356 e. The number of anilines is 1. The highest BCUT2D eigenvalue weighted by molar-refractivity contribution is 14.0. The van der Waals surface area contributed by atoms with Crippen LogP contribution in [-0.2, 0) is 4.79 Å². The van der Waals surface area contributed by atoms with Crippen LogP contribution in [-0.4, -0.2) is 43.4 Å². The van der Waals surface area contributed by atoms with E-state index < -0.39 is 0 Å². The van der Waals surface area contributed by atoms with Gasteiger partial charge in [-0.05, 0) is 36.1 Å². The zero-order valence-electron chi connectivity index (χ0n) is 14.4. The van der Waals surface area contributed by atoms with Crippen LogP contribution in [0, 0.1) is 5.41 Å². The number of halogens is 2. The monoisotopic (exact) mass is 508 g/mol. The number of benzene rings is 1. The van der Waals surface area contributed by atoms with Crippen LogP contribution >= 0.6 is 39.9 Å². The van der Waals surface area contributed by atoms with E-state index in [0.29, 0.717) is 18.4 Å². The molecule has 0 spiro atoms. The standard InChI is InChI=1S/C17H25BrN4O.HI/c1-17(2)9-11-22(12-17)16(19-3)20-10-8-15(23)21-14-6-4-13(18)5-7-14;/h4-7H,8-12H2,1-3H3,(H,19,20)(H,21,23);1H. The summed E-state index contributed by atoms with van der Waals surface area (Å²) in [6.45, 7) is 7.12.